The number of nitrogens with zero attached hydrogens (tertiary/aromatic N) is 1. The molecule has 17 nitrogen and oxygen atoms in total. The first-order chi connectivity index (χ1) is 24.0. The number of nitrogens with one attached hydrogen (secondary N) is 4. The van der Waals surface area contributed by atoms with Crippen molar-refractivity contribution < 1.29 is 44.1 Å². The molecule has 282 valence electrons. The number of hydrogen-bond donors (Lipinski definition) is 10. The molecule has 0 radical (unpaired) electrons. The van der Waals surface area contributed by atoms with Crippen molar-refractivity contribution in [2.45, 2.75) is 95.5 Å². The molecular weight excluding hydrogens is 664 g/mol. The van der Waals surface area contributed by atoms with Crippen LogP contribution in [0.1, 0.15) is 65.2 Å². The fourth-order valence-electron chi connectivity index (χ4n) is 8.88. The number of amides is 4. The van der Waals surface area contributed by atoms with E-state index in [1.54, 1.807) is 12.2 Å². The first kappa shape index (κ1) is 39.4. The summed E-state index contributed by atoms with van der Waals surface area (Å²) in [7, 11) is 0. The summed E-state index contributed by atoms with van der Waals surface area (Å²) in [4.78, 5) is 78.9. The summed E-state index contributed by atoms with van der Waals surface area (Å²) in [6, 6.07) is -4.43. The molecule has 0 spiro atoms. The average molecular weight is 717 g/mol. The molecule has 0 bridgehead atoms. The maximum Gasteiger partial charge on any atom is 0.305 e. The van der Waals surface area contributed by atoms with Gasteiger partial charge in [-0.15, -0.1) is 0 Å². The number of hydrogen-bond acceptors (Lipinski definition) is 10. The Kier molecular flexibility index (Phi) is 12.6. The molecule has 0 saturated heterocycles. The van der Waals surface area contributed by atoms with E-state index in [4.69, 9.17) is 17.2 Å². The Labute approximate surface area is 296 Å². The Morgan fingerprint density at radius 2 is 1.76 bits per heavy atom. The van der Waals surface area contributed by atoms with Crippen LogP contribution in [-0.4, -0.2) is 107 Å². The molecule has 4 amide bonds. The SMILES string of the molecule is C[C@]12C[C@@H](O)[C@H]3[C@@H](CCC4=CC(=O)C=C[C@@]43C)[C@@H]1CC[C@@H]2NC(=O)[C@H](CO)NC(=O)[C@H](CC(=O)O)NC(=O)CNC(=O)[C@@H](N)CCCN=C(N)N. The Morgan fingerprint density at radius 1 is 1.04 bits per heavy atom. The van der Waals surface area contributed by atoms with Gasteiger partial charge in [-0.3, -0.25) is 33.8 Å². The molecule has 4 aliphatic carbocycles. The maximum atomic E-state index is 13.5. The molecule has 0 aromatic rings. The van der Waals surface area contributed by atoms with Gasteiger partial charge in [0.05, 0.1) is 31.7 Å². The minimum absolute atomic E-state index is 0.0416. The molecule has 4 rings (SSSR count). The van der Waals surface area contributed by atoms with Gasteiger partial charge < -0.3 is 53.8 Å². The number of carbonyl (C=O) groups is 6. The van der Waals surface area contributed by atoms with E-state index >= 15 is 0 Å². The highest BCUT2D eigenvalue weighted by molar-refractivity contribution is 6.01. The Hall–Kier alpha value is -4.35. The standard InChI is InChI=1S/C34H52N8O9/c1-33-10-9-18(44)12-17(33)5-6-19-20-7-8-25(34(20,2)14-24(45)28(19)33)42-31(51)23(16-43)41-30(50)22(13-27(47)48)40-26(46)15-39-29(49)21(35)4-3-11-38-32(36)37/h9-10,12,19-25,28,43,45H,3-8,11,13-16,35H2,1-2H3,(H,39,49)(H,40,46)(H,41,50)(H,42,51)(H,47,48)(H4,36,37,38)/t19-,20-,21-,22-,23-,24+,25-,28+,33-,34-/m0/s1. The molecule has 0 aromatic carbocycles. The minimum atomic E-state index is -1.63. The summed E-state index contributed by atoms with van der Waals surface area (Å²) in [6.45, 7) is 2.98. The first-order valence-electron chi connectivity index (χ1n) is 17.4. The summed E-state index contributed by atoms with van der Waals surface area (Å²) in [5.74, 6) is -4.54. The number of ketones is 1. The number of aliphatic carboxylic acids is 1. The largest absolute Gasteiger partial charge is 0.481 e. The second-order valence-corrected chi connectivity index (χ2v) is 14.7. The van der Waals surface area contributed by atoms with Crippen LogP contribution in [0, 0.1) is 28.6 Å². The summed E-state index contributed by atoms with van der Waals surface area (Å²) in [6.07, 6.45) is 7.70. The molecule has 0 unspecified atom stereocenters. The predicted molar refractivity (Wildman–Crippen MR) is 184 cm³/mol. The number of guanidine groups is 1. The zero-order chi connectivity index (χ0) is 37.7. The molecule has 4 aliphatic rings. The van der Waals surface area contributed by atoms with E-state index in [1.807, 2.05) is 13.0 Å². The van der Waals surface area contributed by atoms with Crippen molar-refractivity contribution in [3.05, 3.63) is 23.8 Å². The lowest BCUT2D eigenvalue weighted by atomic mass is 9.47. The molecule has 0 aromatic heterocycles. The van der Waals surface area contributed by atoms with Crippen LogP contribution < -0.4 is 38.5 Å². The highest BCUT2D eigenvalue weighted by Gasteiger charge is 2.61. The number of carbonyl (C=O) groups excluding carboxylic acids is 5. The molecule has 13 N–H and O–H groups in total. The van der Waals surface area contributed by atoms with Gasteiger partial charge in [0, 0.05) is 23.9 Å². The van der Waals surface area contributed by atoms with Crippen molar-refractivity contribution in [1.29, 1.82) is 0 Å². The third kappa shape index (κ3) is 8.94. The third-order valence-corrected chi connectivity index (χ3v) is 11.4. The van der Waals surface area contributed by atoms with E-state index in [0.29, 0.717) is 19.3 Å². The first-order valence-corrected chi connectivity index (χ1v) is 17.4. The van der Waals surface area contributed by atoms with Crippen LogP contribution in [0.15, 0.2) is 28.8 Å². The predicted octanol–water partition coefficient (Wildman–Crippen LogP) is -2.32. The number of aliphatic hydroxyl groups excluding tert-OH is 2. The van der Waals surface area contributed by atoms with E-state index in [0.717, 1.165) is 24.8 Å². The minimum Gasteiger partial charge on any atom is -0.481 e. The average Bonchev–Trinajstić information content (AvgIpc) is 3.38. The Balaban J connectivity index is 1.34. The zero-order valence-corrected chi connectivity index (χ0v) is 29.1. The number of aliphatic hydroxyl groups is 2. The molecule has 0 aliphatic heterocycles. The second-order valence-electron chi connectivity index (χ2n) is 14.7. The van der Waals surface area contributed by atoms with E-state index in [9.17, 15) is 44.1 Å². The number of allylic oxidation sites excluding steroid dienone is 4. The number of nitrogens with two attached hydrogens (primary N) is 3. The van der Waals surface area contributed by atoms with Crippen LogP contribution in [0.2, 0.25) is 0 Å². The molecule has 17 heteroatoms. The number of carboxylic acid groups (broad SMARTS) is 1. The monoisotopic (exact) mass is 716 g/mol. The van der Waals surface area contributed by atoms with E-state index in [-0.39, 0.29) is 48.5 Å². The molecule has 10 atom stereocenters. The second kappa shape index (κ2) is 16.3. The summed E-state index contributed by atoms with van der Waals surface area (Å²) in [5, 5.41) is 40.9. The van der Waals surface area contributed by atoms with Crippen LogP contribution in [0.4, 0.5) is 0 Å². The number of aliphatic imine (C=N–C) groups is 1. The quantitative estimate of drug-likeness (QED) is 0.0486. The van der Waals surface area contributed by atoms with Crippen LogP contribution in [-0.2, 0) is 28.8 Å². The Morgan fingerprint density at radius 3 is 2.43 bits per heavy atom. The van der Waals surface area contributed by atoms with Crippen molar-refractivity contribution >= 4 is 41.3 Å². The van der Waals surface area contributed by atoms with Gasteiger partial charge >= 0.3 is 5.97 Å². The van der Waals surface area contributed by atoms with Crippen molar-refractivity contribution in [3.63, 3.8) is 0 Å². The molecule has 51 heavy (non-hydrogen) atoms. The van der Waals surface area contributed by atoms with Crippen molar-refractivity contribution in [2.75, 3.05) is 19.7 Å². The number of carboxylic acids is 1. The topological polar surface area (TPSA) is 302 Å². The Bertz CT molecular complexity index is 1480. The van der Waals surface area contributed by atoms with Crippen molar-refractivity contribution in [1.82, 2.24) is 21.3 Å². The van der Waals surface area contributed by atoms with Gasteiger partial charge in [0.15, 0.2) is 11.7 Å². The van der Waals surface area contributed by atoms with Crippen LogP contribution in [0.3, 0.4) is 0 Å². The van der Waals surface area contributed by atoms with E-state index < -0.39 is 84.2 Å². The lowest BCUT2D eigenvalue weighted by molar-refractivity contribution is -0.141. The fourth-order valence-corrected chi connectivity index (χ4v) is 8.88. The van der Waals surface area contributed by atoms with Crippen LogP contribution >= 0.6 is 0 Å². The van der Waals surface area contributed by atoms with E-state index in [1.165, 1.54) is 0 Å². The smallest absolute Gasteiger partial charge is 0.305 e. The van der Waals surface area contributed by atoms with Gasteiger partial charge in [0.1, 0.15) is 12.1 Å². The maximum absolute atomic E-state index is 13.5. The van der Waals surface area contributed by atoms with Crippen molar-refractivity contribution in [2.24, 2.45) is 50.8 Å². The van der Waals surface area contributed by atoms with Gasteiger partial charge in [-0.05, 0) is 74.3 Å². The normalized spacial score (nSPS) is 31.0. The van der Waals surface area contributed by atoms with Gasteiger partial charge in [-0.2, -0.15) is 0 Å². The number of fused-ring (bicyclic) bond motifs is 5. The lowest BCUT2D eigenvalue weighted by Crippen LogP contribution is -2.61. The summed E-state index contributed by atoms with van der Waals surface area (Å²) >= 11 is 0. The highest BCUT2D eigenvalue weighted by Crippen LogP contribution is 2.64. The molecular formula is C34H52N8O9. The molecule has 3 saturated carbocycles. The van der Waals surface area contributed by atoms with Gasteiger partial charge in [-0.25, -0.2) is 0 Å². The zero-order valence-electron chi connectivity index (χ0n) is 29.1. The lowest BCUT2D eigenvalue weighted by Gasteiger charge is -2.58. The third-order valence-electron chi connectivity index (χ3n) is 11.4. The van der Waals surface area contributed by atoms with Crippen LogP contribution in [0.5, 0.6) is 0 Å². The summed E-state index contributed by atoms with van der Waals surface area (Å²) in [5.41, 5.74) is 16.5. The van der Waals surface area contributed by atoms with E-state index in [2.05, 4.69) is 33.2 Å². The number of rotatable bonds is 15. The molecule has 0 heterocycles. The van der Waals surface area contributed by atoms with Crippen LogP contribution in [0.25, 0.3) is 0 Å². The fraction of sp³-hybridized carbons (Fsp3) is 0.676. The highest BCUT2D eigenvalue weighted by atomic mass is 16.4. The summed E-state index contributed by atoms with van der Waals surface area (Å²) < 4.78 is 0. The van der Waals surface area contributed by atoms with Crippen molar-refractivity contribution in [3.8, 4) is 0 Å². The van der Waals surface area contributed by atoms with Gasteiger partial charge in [0.25, 0.3) is 0 Å². The van der Waals surface area contributed by atoms with Gasteiger partial charge in [-0.1, -0.05) is 25.5 Å². The molecule has 3 fully saturated rings. The van der Waals surface area contributed by atoms with Gasteiger partial charge in [0.2, 0.25) is 23.6 Å².